The largest absolute Gasteiger partial charge is 0.304 e. The molecule has 0 aliphatic heterocycles. The predicted octanol–water partition coefficient (Wildman–Crippen LogP) is 1.17. The van der Waals surface area contributed by atoms with Crippen molar-refractivity contribution in [3.63, 3.8) is 0 Å². The summed E-state index contributed by atoms with van der Waals surface area (Å²) < 4.78 is 0. The Morgan fingerprint density at radius 1 is 0.750 bits per heavy atom. The molecule has 3 aliphatic rings. The molecule has 0 amide bonds. The fraction of sp³-hybridized carbons (Fsp3) is 1.00. The number of rotatable bonds is 2. The van der Waals surface area contributed by atoms with E-state index in [0.29, 0.717) is 11.1 Å². The van der Waals surface area contributed by atoms with E-state index in [1.165, 1.54) is 25.7 Å². The Labute approximate surface area is 75.5 Å². The minimum absolute atomic E-state index is 0.574. The van der Waals surface area contributed by atoms with Gasteiger partial charge in [-0.15, -0.1) is 0 Å². The second-order valence-corrected chi connectivity index (χ2v) is 5.09. The van der Waals surface area contributed by atoms with E-state index in [4.69, 9.17) is 0 Å². The molecule has 2 nitrogen and oxygen atoms in total. The molecule has 0 aromatic rings. The van der Waals surface area contributed by atoms with Crippen molar-refractivity contribution in [1.29, 1.82) is 0 Å². The molecule has 0 unspecified atom stereocenters. The highest BCUT2D eigenvalue weighted by Crippen LogP contribution is 2.59. The van der Waals surface area contributed by atoms with Gasteiger partial charge in [-0.2, -0.15) is 0 Å². The van der Waals surface area contributed by atoms with Crippen LogP contribution in [0.25, 0.3) is 0 Å². The van der Waals surface area contributed by atoms with E-state index in [1.54, 1.807) is 0 Å². The van der Waals surface area contributed by atoms with Crippen molar-refractivity contribution in [2.24, 2.45) is 0 Å². The minimum Gasteiger partial charge on any atom is -0.304 e. The lowest BCUT2D eigenvalue weighted by atomic mass is 9.70. The van der Waals surface area contributed by atoms with E-state index < -0.39 is 0 Å². The fourth-order valence-electron chi connectivity index (χ4n) is 3.07. The van der Waals surface area contributed by atoms with E-state index in [-0.39, 0.29) is 0 Å². The number of hydrogen-bond donors (Lipinski definition) is 0. The Morgan fingerprint density at radius 3 is 1.25 bits per heavy atom. The van der Waals surface area contributed by atoms with Crippen molar-refractivity contribution in [2.75, 3.05) is 28.2 Å². The van der Waals surface area contributed by atoms with Gasteiger partial charge >= 0.3 is 0 Å². The van der Waals surface area contributed by atoms with E-state index in [2.05, 4.69) is 38.0 Å². The second kappa shape index (κ2) is 2.24. The SMILES string of the molecule is CN(C)C12CCC(N(C)C)(C1)C2. The third-order valence-electron chi connectivity index (χ3n) is 4.27. The number of nitrogens with zero attached hydrogens (tertiary/aromatic N) is 2. The van der Waals surface area contributed by atoms with Gasteiger partial charge < -0.3 is 9.80 Å². The molecular formula is C10H20N2. The lowest BCUT2D eigenvalue weighted by molar-refractivity contribution is -0.0174. The molecule has 2 bridgehead atoms. The number of hydrogen-bond acceptors (Lipinski definition) is 2. The van der Waals surface area contributed by atoms with Gasteiger partial charge in [0.15, 0.2) is 0 Å². The van der Waals surface area contributed by atoms with Crippen LogP contribution in [0.2, 0.25) is 0 Å². The van der Waals surface area contributed by atoms with Crippen LogP contribution in [0.15, 0.2) is 0 Å². The smallest absolute Gasteiger partial charge is 0.0239 e. The van der Waals surface area contributed by atoms with Gasteiger partial charge in [0.1, 0.15) is 0 Å². The Morgan fingerprint density at radius 2 is 1.08 bits per heavy atom. The zero-order valence-electron chi connectivity index (χ0n) is 8.72. The first-order chi connectivity index (χ1) is 5.51. The Bertz CT molecular complexity index is 170. The van der Waals surface area contributed by atoms with Crippen molar-refractivity contribution in [3.05, 3.63) is 0 Å². The molecule has 0 saturated heterocycles. The van der Waals surface area contributed by atoms with Gasteiger partial charge in [0, 0.05) is 11.1 Å². The summed E-state index contributed by atoms with van der Waals surface area (Å²) in [5.74, 6) is 0. The molecule has 0 heterocycles. The average molecular weight is 168 g/mol. The topological polar surface area (TPSA) is 6.48 Å². The first-order valence-electron chi connectivity index (χ1n) is 4.86. The normalized spacial score (nSPS) is 45.5. The molecule has 12 heavy (non-hydrogen) atoms. The van der Waals surface area contributed by atoms with E-state index >= 15 is 0 Å². The molecule has 2 heteroatoms. The van der Waals surface area contributed by atoms with Crippen LogP contribution in [0.5, 0.6) is 0 Å². The van der Waals surface area contributed by atoms with Gasteiger partial charge in [-0.25, -0.2) is 0 Å². The van der Waals surface area contributed by atoms with Crippen molar-refractivity contribution in [3.8, 4) is 0 Å². The molecule has 3 saturated carbocycles. The maximum absolute atomic E-state index is 2.43. The van der Waals surface area contributed by atoms with E-state index in [0.717, 1.165) is 0 Å². The van der Waals surface area contributed by atoms with E-state index in [1.807, 2.05) is 0 Å². The van der Waals surface area contributed by atoms with Gasteiger partial charge in [0.25, 0.3) is 0 Å². The Balaban J connectivity index is 2.10. The summed E-state index contributed by atoms with van der Waals surface area (Å²) in [7, 11) is 8.91. The Kier molecular flexibility index (Phi) is 1.59. The van der Waals surface area contributed by atoms with Crippen molar-refractivity contribution in [2.45, 2.75) is 36.8 Å². The van der Waals surface area contributed by atoms with Crippen LogP contribution in [0.1, 0.15) is 25.7 Å². The lowest BCUT2D eigenvalue weighted by Crippen LogP contribution is -2.61. The van der Waals surface area contributed by atoms with Gasteiger partial charge in [-0.3, -0.25) is 0 Å². The highest BCUT2D eigenvalue weighted by molar-refractivity contribution is 5.20. The monoisotopic (exact) mass is 168 g/mol. The van der Waals surface area contributed by atoms with Gasteiger partial charge in [0.2, 0.25) is 0 Å². The summed E-state index contributed by atoms with van der Waals surface area (Å²) in [6, 6.07) is 0. The fourth-order valence-corrected chi connectivity index (χ4v) is 3.07. The lowest BCUT2D eigenvalue weighted by Gasteiger charge is -2.54. The van der Waals surface area contributed by atoms with Gasteiger partial charge in [-0.1, -0.05) is 0 Å². The summed E-state index contributed by atoms with van der Waals surface area (Å²) in [5, 5.41) is 0. The molecule has 0 radical (unpaired) electrons. The molecule has 3 fully saturated rings. The molecule has 3 rings (SSSR count). The molecule has 3 aliphatic carbocycles. The first-order valence-corrected chi connectivity index (χ1v) is 4.86. The van der Waals surface area contributed by atoms with Crippen LogP contribution < -0.4 is 0 Å². The van der Waals surface area contributed by atoms with Crippen LogP contribution in [0.4, 0.5) is 0 Å². The molecular weight excluding hydrogens is 148 g/mol. The molecule has 0 spiro atoms. The van der Waals surface area contributed by atoms with Crippen molar-refractivity contribution in [1.82, 2.24) is 9.80 Å². The zero-order chi connectivity index (χ0) is 8.98. The van der Waals surface area contributed by atoms with Crippen LogP contribution >= 0.6 is 0 Å². The summed E-state index contributed by atoms with van der Waals surface area (Å²) in [4.78, 5) is 4.86. The van der Waals surface area contributed by atoms with Crippen LogP contribution in [0, 0.1) is 0 Å². The van der Waals surface area contributed by atoms with Gasteiger partial charge in [-0.05, 0) is 53.9 Å². The van der Waals surface area contributed by atoms with E-state index in [9.17, 15) is 0 Å². The Hall–Kier alpha value is -0.0800. The quantitative estimate of drug-likeness (QED) is 0.611. The molecule has 70 valence electrons. The van der Waals surface area contributed by atoms with Crippen LogP contribution in [-0.2, 0) is 0 Å². The van der Waals surface area contributed by atoms with Crippen LogP contribution in [0.3, 0.4) is 0 Å². The molecule has 0 aromatic heterocycles. The third kappa shape index (κ3) is 0.826. The predicted molar refractivity (Wildman–Crippen MR) is 51.3 cm³/mol. The molecule has 0 atom stereocenters. The summed E-state index contributed by atoms with van der Waals surface area (Å²) in [5.41, 5.74) is 1.15. The second-order valence-electron chi connectivity index (χ2n) is 5.09. The highest BCUT2D eigenvalue weighted by Gasteiger charge is 2.62. The summed E-state index contributed by atoms with van der Waals surface area (Å²) in [6.45, 7) is 0. The third-order valence-corrected chi connectivity index (χ3v) is 4.27. The van der Waals surface area contributed by atoms with Crippen LogP contribution in [-0.4, -0.2) is 49.1 Å². The average Bonchev–Trinajstić information content (AvgIpc) is 2.37. The maximum Gasteiger partial charge on any atom is 0.0239 e. The standard InChI is InChI=1S/C10H20N2/c1-11(2)9-5-6-10(7-9,8-9)12(3)4/h5-8H2,1-4H3. The van der Waals surface area contributed by atoms with Crippen molar-refractivity contribution >= 4 is 0 Å². The summed E-state index contributed by atoms with van der Waals surface area (Å²) >= 11 is 0. The first kappa shape index (κ1) is 8.52. The highest BCUT2D eigenvalue weighted by atomic mass is 15.3. The number of fused-ring (bicyclic) bond motifs is 1. The zero-order valence-corrected chi connectivity index (χ0v) is 8.72. The molecule has 0 aromatic carbocycles. The van der Waals surface area contributed by atoms with Crippen molar-refractivity contribution < 1.29 is 0 Å². The van der Waals surface area contributed by atoms with Gasteiger partial charge in [0.05, 0.1) is 0 Å². The summed E-state index contributed by atoms with van der Waals surface area (Å²) in [6.07, 6.45) is 5.58. The molecule has 0 N–H and O–H groups in total. The minimum atomic E-state index is 0.574. The maximum atomic E-state index is 2.43.